The summed E-state index contributed by atoms with van der Waals surface area (Å²) in [6, 6.07) is 15.1. The quantitative estimate of drug-likeness (QED) is 0.889. The predicted molar refractivity (Wildman–Crippen MR) is 76.3 cm³/mol. The van der Waals surface area contributed by atoms with Crippen molar-refractivity contribution < 1.29 is 9.59 Å². The third-order valence-corrected chi connectivity index (χ3v) is 3.50. The Kier molecular flexibility index (Phi) is 2.99. The second-order valence-electron chi connectivity index (χ2n) is 4.85. The molecule has 1 heterocycles. The Morgan fingerprint density at radius 3 is 2.55 bits per heavy atom. The topological polar surface area (TPSA) is 72.2 Å². The molecule has 3 N–H and O–H groups in total. The van der Waals surface area contributed by atoms with Crippen LogP contribution in [0.4, 0.5) is 5.69 Å². The molecule has 3 rings (SSSR count). The fraction of sp³-hybridized carbons (Fsp3) is 0.125. The van der Waals surface area contributed by atoms with Gasteiger partial charge in [0, 0.05) is 5.69 Å². The van der Waals surface area contributed by atoms with E-state index >= 15 is 0 Å². The molecule has 1 atom stereocenters. The summed E-state index contributed by atoms with van der Waals surface area (Å²) in [5.74, 6) is -0.838. The maximum Gasteiger partial charge on any atom is 0.236 e. The van der Waals surface area contributed by atoms with E-state index in [0.29, 0.717) is 0 Å². The minimum atomic E-state index is -0.399. The Morgan fingerprint density at radius 1 is 1.10 bits per heavy atom. The molecule has 0 bridgehead atoms. The van der Waals surface area contributed by atoms with E-state index in [1.165, 1.54) is 0 Å². The first-order valence-corrected chi connectivity index (χ1v) is 6.42. The van der Waals surface area contributed by atoms with Gasteiger partial charge >= 0.3 is 0 Å². The van der Waals surface area contributed by atoms with Crippen molar-refractivity contribution in [2.75, 3.05) is 5.32 Å². The number of nitrogens with two attached hydrogens (primary N) is 1. The molecule has 100 valence electrons. The Labute approximate surface area is 116 Å². The Balaban J connectivity index is 2.13. The molecule has 1 unspecified atom stereocenters. The van der Waals surface area contributed by atoms with Gasteiger partial charge in [-0.05, 0) is 22.8 Å². The fourth-order valence-corrected chi connectivity index (χ4v) is 2.70. The lowest BCUT2D eigenvalue weighted by Crippen LogP contribution is -2.17. The molecule has 0 spiro atoms. The lowest BCUT2D eigenvalue weighted by Gasteiger charge is -2.13. The smallest absolute Gasteiger partial charge is 0.236 e. The largest absolute Gasteiger partial charge is 0.369 e. The molecule has 1 aliphatic rings. The van der Waals surface area contributed by atoms with Crippen molar-refractivity contribution in [3.8, 4) is 0 Å². The summed E-state index contributed by atoms with van der Waals surface area (Å²) >= 11 is 0. The highest BCUT2D eigenvalue weighted by Crippen LogP contribution is 2.39. The van der Waals surface area contributed by atoms with Gasteiger partial charge in [0.2, 0.25) is 11.8 Å². The van der Waals surface area contributed by atoms with E-state index in [4.69, 9.17) is 5.73 Å². The first-order chi connectivity index (χ1) is 9.66. The van der Waals surface area contributed by atoms with Crippen LogP contribution in [0, 0.1) is 0 Å². The molecule has 1 aliphatic heterocycles. The molecule has 2 amide bonds. The molecule has 4 nitrogen and oxygen atoms in total. The molecule has 20 heavy (non-hydrogen) atoms. The van der Waals surface area contributed by atoms with Crippen LogP contribution in [0.25, 0.3) is 0 Å². The molecule has 4 heteroatoms. The van der Waals surface area contributed by atoms with Crippen LogP contribution in [0.15, 0.2) is 48.5 Å². The normalized spacial score (nSPS) is 16.6. The molecule has 0 aromatic heterocycles. The maximum atomic E-state index is 12.2. The van der Waals surface area contributed by atoms with Gasteiger partial charge in [0.15, 0.2) is 0 Å². The lowest BCUT2D eigenvalue weighted by molar-refractivity contribution is -0.118. The molecule has 0 fully saturated rings. The van der Waals surface area contributed by atoms with Crippen LogP contribution in [0.1, 0.15) is 22.6 Å². The summed E-state index contributed by atoms with van der Waals surface area (Å²) in [6.45, 7) is 0. The van der Waals surface area contributed by atoms with Gasteiger partial charge in [-0.2, -0.15) is 0 Å². The van der Waals surface area contributed by atoms with Gasteiger partial charge in [0.05, 0.1) is 12.3 Å². The average molecular weight is 266 g/mol. The number of carbonyl (C=O) groups excluding carboxylic acids is 2. The number of nitrogens with one attached hydrogen (secondary N) is 1. The van der Waals surface area contributed by atoms with Gasteiger partial charge in [-0.1, -0.05) is 42.5 Å². The van der Waals surface area contributed by atoms with Crippen LogP contribution in [-0.4, -0.2) is 11.8 Å². The van der Waals surface area contributed by atoms with Crippen LogP contribution in [0.3, 0.4) is 0 Å². The summed E-state index contributed by atoms with van der Waals surface area (Å²) in [7, 11) is 0. The molecular weight excluding hydrogens is 252 g/mol. The van der Waals surface area contributed by atoms with Crippen molar-refractivity contribution in [2.45, 2.75) is 12.3 Å². The number of benzene rings is 2. The standard InChI is InChI=1S/C16H14N2O2/c17-13(19)9-11-7-4-8-12-14(11)15(16(20)18-12)10-5-2-1-3-6-10/h1-8,15H,9H2,(H2,17,19)(H,18,20). The van der Waals surface area contributed by atoms with Crippen molar-refractivity contribution in [3.63, 3.8) is 0 Å². The predicted octanol–water partition coefficient (Wildman–Crippen LogP) is 1.80. The minimum absolute atomic E-state index is 0.0666. The molecule has 0 radical (unpaired) electrons. The van der Waals surface area contributed by atoms with Crippen LogP contribution in [0.2, 0.25) is 0 Å². The molecule has 0 saturated carbocycles. The number of amides is 2. The second kappa shape index (κ2) is 4.81. The molecule has 0 saturated heterocycles. The van der Waals surface area contributed by atoms with Crippen molar-refractivity contribution in [1.82, 2.24) is 0 Å². The average Bonchev–Trinajstić information content (AvgIpc) is 2.76. The third-order valence-electron chi connectivity index (χ3n) is 3.50. The number of hydrogen-bond acceptors (Lipinski definition) is 2. The van der Waals surface area contributed by atoms with Crippen molar-refractivity contribution >= 4 is 17.5 Å². The number of primary amides is 1. The number of anilines is 1. The van der Waals surface area contributed by atoms with Crippen molar-refractivity contribution in [3.05, 3.63) is 65.2 Å². The number of fused-ring (bicyclic) bond motifs is 1. The van der Waals surface area contributed by atoms with Crippen molar-refractivity contribution in [1.29, 1.82) is 0 Å². The highest BCUT2D eigenvalue weighted by atomic mass is 16.2. The summed E-state index contributed by atoms with van der Waals surface area (Å²) < 4.78 is 0. The van der Waals surface area contributed by atoms with Crippen LogP contribution >= 0.6 is 0 Å². The SMILES string of the molecule is NC(=O)Cc1cccc2c1C(c1ccccc1)C(=O)N2. The van der Waals surface area contributed by atoms with Gasteiger partial charge in [0.25, 0.3) is 0 Å². The highest BCUT2D eigenvalue weighted by Gasteiger charge is 2.33. The van der Waals surface area contributed by atoms with E-state index in [0.717, 1.165) is 22.4 Å². The Morgan fingerprint density at radius 2 is 1.85 bits per heavy atom. The van der Waals surface area contributed by atoms with E-state index in [2.05, 4.69) is 5.32 Å². The Hall–Kier alpha value is -2.62. The maximum absolute atomic E-state index is 12.2. The summed E-state index contributed by atoms with van der Waals surface area (Å²) in [5, 5.41) is 2.87. The second-order valence-corrected chi connectivity index (χ2v) is 4.85. The summed E-state index contributed by atoms with van der Waals surface area (Å²) in [4.78, 5) is 23.5. The zero-order valence-corrected chi connectivity index (χ0v) is 10.8. The van der Waals surface area contributed by atoms with E-state index in [9.17, 15) is 9.59 Å². The van der Waals surface area contributed by atoms with Crippen LogP contribution in [0.5, 0.6) is 0 Å². The number of hydrogen-bond donors (Lipinski definition) is 2. The van der Waals surface area contributed by atoms with Gasteiger partial charge in [-0.15, -0.1) is 0 Å². The number of carbonyl (C=O) groups is 2. The Bertz CT molecular complexity index is 680. The fourth-order valence-electron chi connectivity index (χ4n) is 2.70. The van der Waals surface area contributed by atoms with Gasteiger partial charge in [-0.3, -0.25) is 9.59 Å². The van der Waals surface area contributed by atoms with E-state index in [-0.39, 0.29) is 18.2 Å². The first-order valence-electron chi connectivity index (χ1n) is 6.42. The molecule has 2 aromatic rings. The number of rotatable bonds is 3. The summed E-state index contributed by atoms with van der Waals surface area (Å²) in [5.41, 5.74) is 8.65. The highest BCUT2D eigenvalue weighted by molar-refractivity contribution is 6.05. The van der Waals surface area contributed by atoms with E-state index in [1.807, 2.05) is 48.5 Å². The lowest BCUT2D eigenvalue weighted by atomic mass is 9.88. The van der Waals surface area contributed by atoms with Gasteiger partial charge in [-0.25, -0.2) is 0 Å². The van der Waals surface area contributed by atoms with Crippen LogP contribution < -0.4 is 11.1 Å². The van der Waals surface area contributed by atoms with Gasteiger partial charge < -0.3 is 11.1 Å². The van der Waals surface area contributed by atoms with E-state index in [1.54, 1.807) is 0 Å². The molecule has 0 aliphatic carbocycles. The van der Waals surface area contributed by atoms with Gasteiger partial charge in [0.1, 0.15) is 0 Å². The molecular formula is C16H14N2O2. The first kappa shape index (κ1) is 12.4. The zero-order valence-electron chi connectivity index (χ0n) is 10.8. The zero-order chi connectivity index (χ0) is 14.1. The third kappa shape index (κ3) is 2.05. The van der Waals surface area contributed by atoms with E-state index < -0.39 is 5.91 Å². The minimum Gasteiger partial charge on any atom is -0.369 e. The summed E-state index contributed by atoms with van der Waals surface area (Å²) in [6.07, 6.45) is 0.140. The van der Waals surface area contributed by atoms with Crippen molar-refractivity contribution in [2.24, 2.45) is 5.73 Å². The molecule has 2 aromatic carbocycles. The van der Waals surface area contributed by atoms with Crippen LogP contribution in [-0.2, 0) is 16.0 Å². The monoisotopic (exact) mass is 266 g/mol.